The second kappa shape index (κ2) is 6.66. The standard InChI is InChI=1S/C20H18N2O4S/c1-3-25-13-8-9-15-16(10-13)27-19(21-15)22-18(24)20(2)11-12-6-4-5-7-14(12)17(23)26-20/h4-10H,3,11H2,1-2H3,(H,21,22,24)/t20-/m0/s1. The molecule has 0 radical (unpaired) electrons. The Kier molecular flexibility index (Phi) is 4.31. The van der Waals surface area contributed by atoms with Crippen LogP contribution in [0.4, 0.5) is 5.13 Å². The molecule has 4 rings (SSSR count). The number of nitrogens with one attached hydrogen (secondary N) is 1. The van der Waals surface area contributed by atoms with E-state index < -0.39 is 17.5 Å². The summed E-state index contributed by atoms with van der Waals surface area (Å²) in [6, 6.07) is 12.8. The van der Waals surface area contributed by atoms with Gasteiger partial charge >= 0.3 is 5.97 Å². The van der Waals surface area contributed by atoms with E-state index in [0.717, 1.165) is 21.5 Å². The average Bonchev–Trinajstić information content (AvgIpc) is 3.03. The number of benzene rings is 2. The van der Waals surface area contributed by atoms with Gasteiger partial charge < -0.3 is 9.47 Å². The third-order valence-corrected chi connectivity index (χ3v) is 5.39. The van der Waals surface area contributed by atoms with Crippen molar-refractivity contribution in [3.8, 4) is 5.75 Å². The molecule has 0 unspecified atom stereocenters. The number of amides is 1. The summed E-state index contributed by atoms with van der Waals surface area (Å²) in [5, 5.41) is 3.25. The first-order valence-corrected chi connectivity index (χ1v) is 9.46. The van der Waals surface area contributed by atoms with Gasteiger partial charge in [-0.25, -0.2) is 9.78 Å². The highest BCUT2D eigenvalue weighted by molar-refractivity contribution is 7.22. The third-order valence-electron chi connectivity index (χ3n) is 4.45. The quantitative estimate of drug-likeness (QED) is 0.695. The predicted molar refractivity (Wildman–Crippen MR) is 103 cm³/mol. The highest BCUT2D eigenvalue weighted by Gasteiger charge is 2.42. The average molecular weight is 382 g/mol. The molecular formula is C20H18N2O4S. The van der Waals surface area contributed by atoms with E-state index in [4.69, 9.17) is 9.47 Å². The van der Waals surface area contributed by atoms with Gasteiger partial charge in [0.05, 0.1) is 22.4 Å². The molecule has 1 aliphatic rings. The summed E-state index contributed by atoms with van der Waals surface area (Å²) >= 11 is 1.35. The third kappa shape index (κ3) is 3.26. The highest BCUT2D eigenvalue weighted by atomic mass is 32.1. The molecule has 27 heavy (non-hydrogen) atoms. The van der Waals surface area contributed by atoms with Crippen LogP contribution in [0, 0.1) is 0 Å². The number of nitrogens with zero attached hydrogens (tertiary/aromatic N) is 1. The molecule has 138 valence electrons. The maximum atomic E-state index is 12.8. The summed E-state index contributed by atoms with van der Waals surface area (Å²) in [6.45, 7) is 4.13. The fourth-order valence-corrected chi connectivity index (χ4v) is 3.99. The lowest BCUT2D eigenvalue weighted by Gasteiger charge is -2.32. The maximum absolute atomic E-state index is 12.8. The molecule has 1 N–H and O–H groups in total. The van der Waals surface area contributed by atoms with E-state index >= 15 is 0 Å². The number of anilines is 1. The number of hydrogen-bond donors (Lipinski definition) is 1. The molecule has 1 aliphatic heterocycles. The van der Waals surface area contributed by atoms with Crippen LogP contribution in [0.2, 0.25) is 0 Å². The van der Waals surface area contributed by atoms with E-state index in [1.807, 2.05) is 37.3 Å². The molecule has 1 atom stereocenters. The number of carbonyl (C=O) groups is 2. The number of cyclic esters (lactones) is 1. The molecule has 1 aromatic heterocycles. The Morgan fingerprint density at radius 1 is 1.33 bits per heavy atom. The van der Waals surface area contributed by atoms with E-state index in [2.05, 4.69) is 10.3 Å². The van der Waals surface area contributed by atoms with Gasteiger partial charge in [0.1, 0.15) is 5.75 Å². The minimum Gasteiger partial charge on any atom is -0.494 e. The van der Waals surface area contributed by atoms with Crippen molar-refractivity contribution in [1.29, 1.82) is 0 Å². The number of rotatable bonds is 4. The minimum atomic E-state index is -1.28. The lowest BCUT2D eigenvalue weighted by molar-refractivity contribution is -0.134. The van der Waals surface area contributed by atoms with Crippen LogP contribution in [0.15, 0.2) is 42.5 Å². The zero-order chi connectivity index (χ0) is 19.0. The first-order chi connectivity index (χ1) is 13.0. The molecule has 0 saturated heterocycles. The van der Waals surface area contributed by atoms with E-state index in [1.54, 1.807) is 19.1 Å². The van der Waals surface area contributed by atoms with E-state index in [9.17, 15) is 9.59 Å². The van der Waals surface area contributed by atoms with Crippen LogP contribution in [-0.4, -0.2) is 29.1 Å². The maximum Gasteiger partial charge on any atom is 0.339 e. The van der Waals surface area contributed by atoms with Gasteiger partial charge in [0, 0.05) is 6.42 Å². The zero-order valence-corrected chi connectivity index (χ0v) is 15.8. The predicted octanol–water partition coefficient (Wildman–Crippen LogP) is 3.81. The number of hydrogen-bond acceptors (Lipinski definition) is 6. The molecule has 7 heteroatoms. The van der Waals surface area contributed by atoms with Crippen molar-refractivity contribution in [3.63, 3.8) is 0 Å². The SMILES string of the molecule is CCOc1ccc2nc(NC(=O)[C@]3(C)Cc4ccccc4C(=O)O3)sc2c1. The summed E-state index contributed by atoms with van der Waals surface area (Å²) in [4.78, 5) is 29.5. The monoisotopic (exact) mass is 382 g/mol. The number of ether oxygens (including phenoxy) is 2. The number of esters is 1. The fraction of sp³-hybridized carbons (Fsp3) is 0.250. The molecule has 0 spiro atoms. The van der Waals surface area contributed by atoms with Crippen molar-refractivity contribution in [3.05, 3.63) is 53.6 Å². The number of carbonyl (C=O) groups excluding carboxylic acids is 2. The van der Waals surface area contributed by atoms with E-state index in [-0.39, 0.29) is 0 Å². The molecule has 0 fully saturated rings. The van der Waals surface area contributed by atoms with Crippen LogP contribution in [0.25, 0.3) is 10.2 Å². The fourth-order valence-electron chi connectivity index (χ4n) is 3.10. The zero-order valence-electron chi connectivity index (χ0n) is 14.9. The van der Waals surface area contributed by atoms with Gasteiger partial charge in [0.15, 0.2) is 10.7 Å². The van der Waals surface area contributed by atoms with Crippen molar-refractivity contribution in [2.24, 2.45) is 0 Å². The van der Waals surface area contributed by atoms with Crippen molar-refractivity contribution in [2.45, 2.75) is 25.9 Å². The van der Waals surface area contributed by atoms with Crippen molar-refractivity contribution >= 4 is 38.6 Å². The molecule has 0 aliphatic carbocycles. The van der Waals surface area contributed by atoms with Crippen LogP contribution in [0.5, 0.6) is 5.75 Å². The molecule has 3 aromatic rings. The largest absolute Gasteiger partial charge is 0.494 e. The lowest BCUT2D eigenvalue weighted by atomic mass is 9.89. The Morgan fingerprint density at radius 2 is 2.15 bits per heavy atom. The van der Waals surface area contributed by atoms with Crippen LogP contribution in [-0.2, 0) is 16.0 Å². The Balaban J connectivity index is 1.57. The van der Waals surface area contributed by atoms with Crippen molar-refractivity contribution < 1.29 is 19.1 Å². The van der Waals surface area contributed by atoms with Gasteiger partial charge in [-0.3, -0.25) is 10.1 Å². The Bertz CT molecular complexity index is 1050. The molecule has 1 amide bonds. The Morgan fingerprint density at radius 3 is 2.96 bits per heavy atom. The molecule has 0 saturated carbocycles. The van der Waals surface area contributed by atoms with Crippen LogP contribution >= 0.6 is 11.3 Å². The summed E-state index contributed by atoms with van der Waals surface area (Å²) in [7, 11) is 0. The van der Waals surface area contributed by atoms with Crippen LogP contribution < -0.4 is 10.1 Å². The molecule has 0 bridgehead atoms. The highest BCUT2D eigenvalue weighted by Crippen LogP contribution is 2.32. The van der Waals surface area contributed by atoms with Gasteiger partial charge in [0.2, 0.25) is 0 Å². The summed E-state index contributed by atoms with van der Waals surface area (Å²) in [5.74, 6) is -0.120. The smallest absolute Gasteiger partial charge is 0.339 e. The normalized spacial score (nSPS) is 18.7. The van der Waals surface area contributed by atoms with E-state index in [0.29, 0.717) is 23.7 Å². The van der Waals surface area contributed by atoms with Crippen molar-refractivity contribution in [1.82, 2.24) is 4.98 Å². The molecule has 2 aromatic carbocycles. The molecule has 2 heterocycles. The number of thiazole rings is 1. The molecular weight excluding hydrogens is 364 g/mol. The minimum absolute atomic E-state index is 0.320. The second-order valence-corrected chi connectivity index (χ2v) is 7.52. The van der Waals surface area contributed by atoms with Gasteiger partial charge in [-0.1, -0.05) is 29.5 Å². The Labute approximate surface area is 160 Å². The van der Waals surface area contributed by atoms with Gasteiger partial charge in [-0.2, -0.15) is 0 Å². The van der Waals surface area contributed by atoms with Gasteiger partial charge in [-0.15, -0.1) is 0 Å². The van der Waals surface area contributed by atoms with Crippen LogP contribution in [0.1, 0.15) is 29.8 Å². The van der Waals surface area contributed by atoms with Crippen molar-refractivity contribution in [2.75, 3.05) is 11.9 Å². The summed E-state index contributed by atoms with van der Waals surface area (Å²) in [5.41, 5.74) is 0.804. The van der Waals surface area contributed by atoms with Gasteiger partial charge in [-0.05, 0) is 43.7 Å². The first-order valence-electron chi connectivity index (χ1n) is 8.64. The lowest BCUT2D eigenvalue weighted by Crippen LogP contribution is -2.48. The van der Waals surface area contributed by atoms with Gasteiger partial charge in [0.25, 0.3) is 5.91 Å². The summed E-state index contributed by atoms with van der Waals surface area (Å²) < 4.78 is 11.9. The number of fused-ring (bicyclic) bond motifs is 2. The molecule has 6 nitrogen and oxygen atoms in total. The number of aromatic nitrogens is 1. The first kappa shape index (κ1) is 17.5. The van der Waals surface area contributed by atoms with Crippen LogP contribution in [0.3, 0.4) is 0 Å². The van der Waals surface area contributed by atoms with E-state index in [1.165, 1.54) is 11.3 Å². The summed E-state index contributed by atoms with van der Waals surface area (Å²) in [6.07, 6.45) is 0.320. The Hall–Kier alpha value is -2.93. The second-order valence-electron chi connectivity index (χ2n) is 6.49. The topological polar surface area (TPSA) is 77.5 Å².